The Hall–Kier alpha value is 0.312. The van der Waals surface area contributed by atoms with Crippen molar-refractivity contribution in [3.8, 4) is 0 Å². The molecule has 0 unspecified atom stereocenters. The summed E-state index contributed by atoms with van der Waals surface area (Å²) in [6.45, 7) is 6.97. The number of nitrogens with one attached hydrogen (secondary N) is 1. The van der Waals surface area contributed by atoms with Crippen molar-refractivity contribution in [2.45, 2.75) is 31.3 Å². The van der Waals surface area contributed by atoms with E-state index in [1.54, 1.807) is 0 Å². The molecule has 0 spiro atoms. The van der Waals surface area contributed by atoms with Crippen molar-refractivity contribution >= 4 is 28.7 Å². The average molecular weight is 579 g/mol. The van der Waals surface area contributed by atoms with E-state index in [2.05, 4.69) is 19.0 Å². The van der Waals surface area contributed by atoms with Gasteiger partial charge in [0.1, 0.15) is 6.04 Å². The Bertz CT molecular complexity index is 461. The second kappa shape index (κ2) is 12.7. The van der Waals surface area contributed by atoms with Gasteiger partial charge in [-0.25, -0.2) is 8.42 Å². The van der Waals surface area contributed by atoms with E-state index < -0.39 is 34.0 Å². The number of carbonyl (C=O) groups is 2. The monoisotopic (exact) mass is 579 g/mol. The molecule has 0 bridgehead atoms. The normalized spacial score (nSPS) is 18.7. The molecule has 0 aromatic rings. The summed E-state index contributed by atoms with van der Waals surface area (Å²) in [5.41, 5.74) is 0. The molecule has 0 aromatic heterocycles. The van der Waals surface area contributed by atoms with Gasteiger partial charge in [0.2, 0.25) is 15.9 Å². The number of amides is 1. The number of rotatable bonds is 5. The number of carboxylic acid groups (broad SMARTS) is 1. The third kappa shape index (κ3) is 8.24. The molecule has 1 radical (unpaired) electrons. The minimum atomic E-state index is -3.45. The molecule has 2 N–H and O–H groups in total. The molecule has 1 fully saturated rings. The molecule has 1 heterocycles. The van der Waals surface area contributed by atoms with Gasteiger partial charge < -0.3 is 22.1 Å². The summed E-state index contributed by atoms with van der Waals surface area (Å²) in [5.74, 6) is -1.75. The molecule has 0 saturated carbocycles. The van der Waals surface area contributed by atoms with Gasteiger partial charge in [-0.15, -0.1) is 0 Å². The van der Waals surface area contributed by atoms with Crippen molar-refractivity contribution in [1.82, 2.24) is 9.62 Å². The van der Waals surface area contributed by atoms with Crippen LogP contribution in [0.1, 0.15) is 19.3 Å². The summed E-state index contributed by atoms with van der Waals surface area (Å²) < 4.78 is 24.0. The molecule has 2 atom stereocenters. The standard InChI is InChI=1S/C10H17N2O5S.CHO.W.Y/c1-3-7(10(14)15)11-9(13)8-5-4-6-12(8)18(2,16)17;1-2;;/h7-8H,1,3-6H2,2H3,(H,11,13)(H,14,15);1H;;/q2*-1;;/t7-,8-;;;/m0.../s1. The van der Waals surface area contributed by atoms with Crippen LogP contribution in [0.15, 0.2) is 0 Å². The van der Waals surface area contributed by atoms with E-state index in [1.165, 1.54) is 0 Å². The zero-order chi connectivity index (χ0) is 15.9. The maximum Gasteiger partial charge on any atom is 0.323 e. The first-order valence-electron chi connectivity index (χ1n) is 5.80. The van der Waals surface area contributed by atoms with Gasteiger partial charge in [-0.1, -0.05) is 0 Å². The fourth-order valence-corrected chi connectivity index (χ4v) is 3.05. The van der Waals surface area contributed by atoms with Crippen LogP contribution in [0.4, 0.5) is 0 Å². The third-order valence-corrected chi connectivity index (χ3v) is 4.12. The van der Waals surface area contributed by atoms with Crippen LogP contribution in [0.5, 0.6) is 0 Å². The Labute approximate surface area is 170 Å². The van der Waals surface area contributed by atoms with E-state index in [0.29, 0.717) is 19.4 Å². The number of nitrogens with zero attached hydrogens (tertiary/aromatic N) is 1. The van der Waals surface area contributed by atoms with Crippen molar-refractivity contribution in [2.75, 3.05) is 12.8 Å². The molecule has 11 heteroatoms. The molecule has 1 amide bonds. The van der Waals surface area contributed by atoms with Gasteiger partial charge in [0.25, 0.3) is 0 Å². The van der Waals surface area contributed by atoms with Gasteiger partial charge >= 0.3 is 5.97 Å². The fraction of sp³-hybridized carbons (Fsp3) is 0.636. The van der Waals surface area contributed by atoms with Gasteiger partial charge in [-0.05, 0) is 12.8 Å². The molecule has 1 saturated heterocycles. The first kappa shape index (κ1) is 27.2. The minimum Gasteiger partial charge on any atom is -0.545 e. The second-order valence-electron chi connectivity index (χ2n) is 4.22. The van der Waals surface area contributed by atoms with E-state index in [1.807, 2.05) is 0 Å². The summed E-state index contributed by atoms with van der Waals surface area (Å²) in [4.78, 5) is 30.4. The smallest absolute Gasteiger partial charge is 0.323 e. The van der Waals surface area contributed by atoms with Crippen LogP contribution >= 0.6 is 0 Å². The zero-order valence-corrected chi connectivity index (χ0v) is 18.7. The van der Waals surface area contributed by atoms with E-state index >= 15 is 0 Å². The van der Waals surface area contributed by atoms with Crippen LogP contribution in [-0.2, 0) is 78.2 Å². The van der Waals surface area contributed by atoms with E-state index in [9.17, 15) is 18.0 Å². The summed E-state index contributed by atoms with van der Waals surface area (Å²) in [6, 6.07) is -1.90. The number of hydrogen-bond donors (Lipinski definition) is 2. The van der Waals surface area contributed by atoms with E-state index in [0.717, 1.165) is 10.6 Å². The SMILES string of the molecule is [CH-]=O.[CH2-]C[C@H](NC(=O)[C@@H]1CCCN1S(C)(=O)=O)C(=O)O.[W].[Y]. The Balaban J connectivity index is -0.000000864. The summed E-state index contributed by atoms with van der Waals surface area (Å²) in [5, 5.41) is 11.1. The van der Waals surface area contributed by atoms with E-state index in [-0.39, 0.29) is 60.2 Å². The molecule has 8 nitrogen and oxygen atoms in total. The summed E-state index contributed by atoms with van der Waals surface area (Å²) in [7, 11) is -3.45. The van der Waals surface area contributed by atoms with Crippen molar-refractivity contribution in [3.63, 3.8) is 0 Å². The van der Waals surface area contributed by atoms with Gasteiger partial charge in [0, 0.05) is 60.3 Å². The predicted octanol–water partition coefficient (Wildman–Crippen LogP) is -1.08. The maximum atomic E-state index is 11.9. The second-order valence-corrected chi connectivity index (χ2v) is 6.15. The number of hydrogen-bond acceptors (Lipinski definition) is 5. The van der Waals surface area contributed by atoms with Gasteiger partial charge in [-0.2, -0.15) is 10.7 Å². The minimum absolute atomic E-state index is 0. The summed E-state index contributed by atoms with van der Waals surface area (Å²) >= 11 is 0. The van der Waals surface area contributed by atoms with Crippen molar-refractivity contribution in [2.24, 2.45) is 0 Å². The van der Waals surface area contributed by atoms with Crippen LogP contribution in [0.2, 0.25) is 0 Å². The molecule has 1 aliphatic heterocycles. The number of carboxylic acids is 1. The molecular formula is C11H18N2O6SWY-2. The molecule has 0 aromatic carbocycles. The fourth-order valence-electron chi connectivity index (χ4n) is 1.92. The van der Waals surface area contributed by atoms with Crippen molar-refractivity contribution in [3.05, 3.63) is 6.92 Å². The van der Waals surface area contributed by atoms with Gasteiger partial charge in [0.05, 0.1) is 12.3 Å². The van der Waals surface area contributed by atoms with Crippen LogP contribution in [0.3, 0.4) is 0 Å². The molecule has 0 aliphatic carbocycles. The largest absolute Gasteiger partial charge is 0.545 e. The van der Waals surface area contributed by atoms with Crippen molar-refractivity contribution in [1.29, 1.82) is 0 Å². The van der Waals surface area contributed by atoms with Crippen LogP contribution < -0.4 is 5.32 Å². The predicted molar refractivity (Wildman–Crippen MR) is 70.9 cm³/mol. The van der Waals surface area contributed by atoms with E-state index in [4.69, 9.17) is 9.90 Å². The first-order valence-corrected chi connectivity index (χ1v) is 7.65. The summed E-state index contributed by atoms with van der Waals surface area (Å²) in [6.07, 6.45) is 2.04. The topological polar surface area (TPSA) is 121 Å². The average Bonchev–Trinajstić information content (AvgIpc) is 2.86. The Morgan fingerprint density at radius 1 is 1.45 bits per heavy atom. The quantitative estimate of drug-likeness (QED) is 0.316. The molecular weight excluding hydrogens is 561 g/mol. The van der Waals surface area contributed by atoms with Gasteiger partial charge in [0.15, 0.2) is 0 Å². The third-order valence-electron chi connectivity index (χ3n) is 2.84. The number of carbonyl (C=O) groups excluding carboxylic acids is 2. The van der Waals surface area contributed by atoms with Crippen LogP contribution in [0.25, 0.3) is 0 Å². The molecule has 125 valence electrons. The number of sulfonamides is 1. The Morgan fingerprint density at radius 3 is 2.32 bits per heavy atom. The molecule has 22 heavy (non-hydrogen) atoms. The molecule has 1 rings (SSSR count). The zero-order valence-electron chi connectivity index (χ0n) is 12.1. The van der Waals surface area contributed by atoms with Crippen LogP contribution in [-0.4, -0.2) is 61.4 Å². The Kier molecular flexibility index (Phi) is 15.7. The Morgan fingerprint density at radius 2 is 1.95 bits per heavy atom. The number of aliphatic carboxylic acids is 1. The first-order chi connectivity index (χ1) is 9.27. The van der Waals surface area contributed by atoms with Crippen molar-refractivity contribution < 1.29 is 81.7 Å². The van der Waals surface area contributed by atoms with Gasteiger partial charge in [-0.3, -0.25) is 16.4 Å². The maximum absolute atomic E-state index is 11.9. The molecule has 1 aliphatic rings. The van der Waals surface area contributed by atoms with Crippen LogP contribution in [0, 0.1) is 6.92 Å².